The molecule has 2 aromatic carbocycles. The predicted octanol–water partition coefficient (Wildman–Crippen LogP) is 3.43. The molecule has 0 unspecified atom stereocenters. The number of halogens is 2. The summed E-state index contributed by atoms with van der Waals surface area (Å²) in [7, 11) is -3.62. The summed E-state index contributed by atoms with van der Waals surface area (Å²) >= 11 is 11.8. The van der Waals surface area contributed by atoms with E-state index >= 15 is 0 Å². The molecule has 5 nitrogen and oxygen atoms in total. The Morgan fingerprint density at radius 2 is 1.69 bits per heavy atom. The molecule has 2 rings (SSSR count). The molecule has 0 aliphatic rings. The fraction of sp³-hybridized carbons (Fsp3) is 0.278. The average Bonchev–Trinajstić information content (AvgIpc) is 2.54. The van der Waals surface area contributed by atoms with Gasteiger partial charge in [0.1, 0.15) is 6.54 Å². The molecule has 0 spiro atoms. The van der Waals surface area contributed by atoms with Crippen molar-refractivity contribution in [3.8, 4) is 0 Å². The van der Waals surface area contributed by atoms with Gasteiger partial charge in [0.2, 0.25) is 15.9 Å². The lowest BCUT2D eigenvalue weighted by atomic mass is 10.1. The largest absolute Gasteiger partial charge is 0.354 e. The van der Waals surface area contributed by atoms with Gasteiger partial charge in [-0.3, -0.25) is 9.10 Å². The summed E-state index contributed by atoms with van der Waals surface area (Å²) in [5, 5.41) is 3.90. The van der Waals surface area contributed by atoms with Gasteiger partial charge in [0, 0.05) is 16.6 Å². The minimum atomic E-state index is -3.62. The first-order chi connectivity index (χ1) is 12.2. The molecule has 2 aromatic rings. The molecule has 0 fully saturated rings. The molecule has 0 radical (unpaired) electrons. The maximum atomic E-state index is 12.2. The molecule has 0 heterocycles. The van der Waals surface area contributed by atoms with Crippen LogP contribution in [0.15, 0.2) is 42.5 Å². The number of anilines is 1. The van der Waals surface area contributed by atoms with Crippen molar-refractivity contribution in [3.63, 3.8) is 0 Å². The Morgan fingerprint density at radius 3 is 2.27 bits per heavy atom. The Morgan fingerprint density at radius 1 is 1.08 bits per heavy atom. The van der Waals surface area contributed by atoms with E-state index in [9.17, 15) is 13.2 Å². The molecule has 0 saturated heterocycles. The van der Waals surface area contributed by atoms with E-state index in [1.165, 1.54) is 0 Å². The molecule has 0 saturated carbocycles. The number of sulfonamides is 1. The number of benzene rings is 2. The summed E-state index contributed by atoms with van der Waals surface area (Å²) in [5.41, 5.74) is 2.14. The van der Waals surface area contributed by atoms with Crippen molar-refractivity contribution in [2.45, 2.75) is 13.3 Å². The minimum absolute atomic E-state index is 0.290. The summed E-state index contributed by atoms with van der Waals surface area (Å²) < 4.78 is 25.3. The van der Waals surface area contributed by atoms with Crippen LogP contribution in [0.4, 0.5) is 5.69 Å². The standard InChI is InChI=1S/C18H20Cl2N2O3S/c1-13-11-16(20)7-8-17(13)22(26(2,24)25)12-18(23)21-10-9-14-3-5-15(19)6-4-14/h3-8,11H,9-10,12H2,1-2H3,(H,21,23). The Balaban J connectivity index is 2.01. The maximum Gasteiger partial charge on any atom is 0.240 e. The second kappa shape index (κ2) is 8.75. The SMILES string of the molecule is Cc1cc(Cl)ccc1N(CC(=O)NCCc1ccc(Cl)cc1)S(C)(=O)=O. The summed E-state index contributed by atoms with van der Waals surface area (Å²) in [6.07, 6.45) is 1.70. The quantitative estimate of drug-likeness (QED) is 0.754. The van der Waals surface area contributed by atoms with E-state index in [1.807, 2.05) is 12.1 Å². The monoisotopic (exact) mass is 414 g/mol. The van der Waals surface area contributed by atoms with Crippen molar-refractivity contribution in [1.82, 2.24) is 5.32 Å². The van der Waals surface area contributed by atoms with E-state index in [1.54, 1.807) is 37.3 Å². The maximum absolute atomic E-state index is 12.2. The molecular formula is C18H20Cl2N2O3S. The first-order valence-electron chi connectivity index (χ1n) is 7.92. The highest BCUT2D eigenvalue weighted by Crippen LogP contribution is 2.25. The average molecular weight is 415 g/mol. The van der Waals surface area contributed by atoms with Crippen LogP contribution < -0.4 is 9.62 Å². The Hall–Kier alpha value is -1.76. The van der Waals surface area contributed by atoms with Crippen LogP contribution in [-0.4, -0.2) is 33.7 Å². The zero-order valence-electron chi connectivity index (χ0n) is 14.5. The summed E-state index contributed by atoms with van der Waals surface area (Å²) in [4.78, 5) is 12.2. The number of nitrogens with zero attached hydrogens (tertiary/aromatic N) is 1. The summed E-state index contributed by atoms with van der Waals surface area (Å²) in [6, 6.07) is 12.2. The van der Waals surface area contributed by atoms with E-state index in [4.69, 9.17) is 23.2 Å². The van der Waals surface area contributed by atoms with Crippen LogP contribution in [0, 0.1) is 6.92 Å². The molecule has 26 heavy (non-hydrogen) atoms. The first kappa shape index (κ1) is 20.6. The van der Waals surface area contributed by atoms with Crippen molar-refractivity contribution in [2.24, 2.45) is 0 Å². The lowest BCUT2D eigenvalue weighted by Gasteiger charge is -2.23. The van der Waals surface area contributed by atoms with E-state index in [2.05, 4.69) is 5.32 Å². The zero-order valence-corrected chi connectivity index (χ0v) is 16.8. The van der Waals surface area contributed by atoms with E-state index < -0.39 is 10.0 Å². The van der Waals surface area contributed by atoms with Gasteiger partial charge in [-0.2, -0.15) is 0 Å². The highest BCUT2D eigenvalue weighted by Gasteiger charge is 2.22. The van der Waals surface area contributed by atoms with Gasteiger partial charge in [0.05, 0.1) is 11.9 Å². The molecule has 140 valence electrons. The number of hydrogen-bond acceptors (Lipinski definition) is 3. The van der Waals surface area contributed by atoms with Crippen LogP contribution >= 0.6 is 23.2 Å². The van der Waals surface area contributed by atoms with Crippen molar-refractivity contribution >= 4 is 44.8 Å². The van der Waals surface area contributed by atoms with Crippen LogP contribution in [-0.2, 0) is 21.2 Å². The second-order valence-electron chi connectivity index (χ2n) is 5.93. The normalized spacial score (nSPS) is 11.2. The Labute approximate surface area is 164 Å². The van der Waals surface area contributed by atoms with Gasteiger partial charge in [-0.15, -0.1) is 0 Å². The fourth-order valence-electron chi connectivity index (χ4n) is 2.46. The number of carbonyl (C=O) groups is 1. The summed E-state index contributed by atoms with van der Waals surface area (Å²) in [6.45, 7) is 1.86. The van der Waals surface area contributed by atoms with Crippen LogP contribution in [0.5, 0.6) is 0 Å². The van der Waals surface area contributed by atoms with Crippen LogP contribution in [0.25, 0.3) is 0 Å². The van der Waals surface area contributed by atoms with Crippen molar-refractivity contribution in [3.05, 3.63) is 63.6 Å². The van der Waals surface area contributed by atoms with E-state index in [0.29, 0.717) is 34.3 Å². The highest BCUT2D eigenvalue weighted by molar-refractivity contribution is 7.92. The summed E-state index contributed by atoms with van der Waals surface area (Å²) in [5.74, 6) is -0.376. The van der Waals surface area contributed by atoms with Gasteiger partial charge in [-0.25, -0.2) is 8.42 Å². The lowest BCUT2D eigenvalue weighted by Crippen LogP contribution is -2.41. The molecule has 0 aliphatic carbocycles. The zero-order chi connectivity index (χ0) is 19.3. The van der Waals surface area contributed by atoms with Gasteiger partial charge in [-0.1, -0.05) is 35.3 Å². The number of aryl methyl sites for hydroxylation is 1. The first-order valence-corrected chi connectivity index (χ1v) is 10.5. The van der Waals surface area contributed by atoms with Crippen molar-refractivity contribution in [2.75, 3.05) is 23.7 Å². The smallest absolute Gasteiger partial charge is 0.240 e. The molecular weight excluding hydrogens is 395 g/mol. The number of carbonyl (C=O) groups excluding carboxylic acids is 1. The molecule has 1 N–H and O–H groups in total. The molecule has 8 heteroatoms. The molecule has 0 atom stereocenters. The number of rotatable bonds is 7. The Bertz CT molecular complexity index is 884. The second-order valence-corrected chi connectivity index (χ2v) is 8.71. The number of nitrogens with one attached hydrogen (secondary N) is 1. The lowest BCUT2D eigenvalue weighted by molar-refractivity contribution is -0.119. The highest BCUT2D eigenvalue weighted by atomic mass is 35.5. The molecule has 0 aromatic heterocycles. The molecule has 0 bridgehead atoms. The van der Waals surface area contributed by atoms with Gasteiger partial charge >= 0.3 is 0 Å². The molecule has 1 amide bonds. The number of amides is 1. The molecule has 0 aliphatic heterocycles. The third kappa shape index (κ3) is 5.90. The predicted molar refractivity (Wildman–Crippen MR) is 107 cm³/mol. The van der Waals surface area contributed by atoms with Crippen molar-refractivity contribution < 1.29 is 13.2 Å². The van der Waals surface area contributed by atoms with Crippen LogP contribution in [0.3, 0.4) is 0 Å². The Kier molecular flexibility index (Phi) is 6.92. The third-order valence-electron chi connectivity index (χ3n) is 3.76. The van der Waals surface area contributed by atoms with Gasteiger partial charge in [0.25, 0.3) is 0 Å². The number of hydrogen-bond donors (Lipinski definition) is 1. The van der Waals surface area contributed by atoms with Gasteiger partial charge < -0.3 is 5.32 Å². The van der Waals surface area contributed by atoms with Gasteiger partial charge in [0.15, 0.2) is 0 Å². The van der Waals surface area contributed by atoms with E-state index in [-0.39, 0.29) is 12.5 Å². The van der Waals surface area contributed by atoms with E-state index in [0.717, 1.165) is 16.1 Å². The third-order valence-corrected chi connectivity index (χ3v) is 5.38. The van der Waals surface area contributed by atoms with Crippen molar-refractivity contribution in [1.29, 1.82) is 0 Å². The topological polar surface area (TPSA) is 66.5 Å². The van der Waals surface area contributed by atoms with Gasteiger partial charge in [-0.05, 0) is 54.8 Å². The van der Waals surface area contributed by atoms with Crippen LogP contribution in [0.1, 0.15) is 11.1 Å². The van der Waals surface area contributed by atoms with Crippen LogP contribution in [0.2, 0.25) is 10.0 Å². The fourth-order valence-corrected chi connectivity index (χ4v) is 3.73. The minimum Gasteiger partial charge on any atom is -0.354 e.